The Morgan fingerprint density at radius 3 is 2.33 bits per heavy atom. The van der Waals surface area contributed by atoms with Crippen LogP contribution in [0.25, 0.3) is 16.6 Å². The number of halogens is 3. The van der Waals surface area contributed by atoms with Gasteiger partial charge >= 0.3 is 6.18 Å². The fourth-order valence-electron chi connectivity index (χ4n) is 3.26. The number of aliphatic hydroxyl groups is 1. The molecule has 0 fully saturated rings. The van der Waals surface area contributed by atoms with Gasteiger partial charge in [0.05, 0.1) is 22.4 Å². The van der Waals surface area contributed by atoms with Crippen molar-refractivity contribution < 1.29 is 28.2 Å². The van der Waals surface area contributed by atoms with Crippen LogP contribution in [0.3, 0.4) is 0 Å². The van der Waals surface area contributed by atoms with Gasteiger partial charge in [0.25, 0.3) is 0 Å². The van der Waals surface area contributed by atoms with Crippen molar-refractivity contribution in [1.29, 1.82) is 0 Å². The normalized spacial score (nSPS) is 11.8. The van der Waals surface area contributed by atoms with Gasteiger partial charge in [0.2, 0.25) is 11.8 Å². The van der Waals surface area contributed by atoms with Gasteiger partial charge in [-0.05, 0) is 44.5 Å². The van der Waals surface area contributed by atoms with Gasteiger partial charge in [-0.25, -0.2) is 5.43 Å². The Kier molecular flexibility index (Phi) is 8.64. The molecule has 0 aliphatic rings. The van der Waals surface area contributed by atoms with Gasteiger partial charge in [-0.1, -0.05) is 37.6 Å². The summed E-state index contributed by atoms with van der Waals surface area (Å²) in [6.07, 6.45) is -4.20. The molecule has 178 valence electrons. The summed E-state index contributed by atoms with van der Waals surface area (Å²) in [5, 5.41) is 24.1. The maximum atomic E-state index is 13.3. The molecule has 0 aliphatic heterocycles. The third-order valence-electron chi connectivity index (χ3n) is 4.83. The van der Waals surface area contributed by atoms with E-state index in [9.17, 15) is 23.1 Å². The van der Waals surface area contributed by atoms with E-state index in [0.29, 0.717) is 11.1 Å². The number of hydrogen-bond donors (Lipinski definition) is 3. The van der Waals surface area contributed by atoms with Gasteiger partial charge in [0.15, 0.2) is 0 Å². The number of aryl methyl sites for hydroxylation is 1. The number of fused-ring (bicyclic) bond motifs is 1. The van der Waals surface area contributed by atoms with Gasteiger partial charge in [-0.15, -0.1) is 0 Å². The van der Waals surface area contributed by atoms with Crippen LogP contribution >= 0.6 is 0 Å². The summed E-state index contributed by atoms with van der Waals surface area (Å²) in [6, 6.07) is 10.2. The number of hydrazone groups is 1. The van der Waals surface area contributed by atoms with Crippen LogP contribution in [-0.2, 0) is 11.0 Å². The fourth-order valence-corrected chi connectivity index (χ4v) is 3.26. The van der Waals surface area contributed by atoms with Crippen LogP contribution in [0.4, 0.5) is 13.2 Å². The van der Waals surface area contributed by atoms with Crippen molar-refractivity contribution in [2.45, 2.75) is 46.7 Å². The van der Waals surface area contributed by atoms with Crippen molar-refractivity contribution >= 4 is 22.5 Å². The molecule has 0 saturated heterocycles. The lowest BCUT2D eigenvalue weighted by Gasteiger charge is -2.10. The summed E-state index contributed by atoms with van der Waals surface area (Å²) >= 11 is 0. The number of hydrogen-bond acceptors (Lipinski definition) is 4. The van der Waals surface area contributed by atoms with E-state index in [2.05, 4.69) is 10.5 Å². The summed E-state index contributed by atoms with van der Waals surface area (Å²) in [6.45, 7) is 7.28. The van der Waals surface area contributed by atoms with E-state index in [0.717, 1.165) is 17.7 Å². The number of aromatic hydroxyl groups is 1. The highest BCUT2D eigenvalue weighted by Crippen LogP contribution is 2.38. The van der Waals surface area contributed by atoms with E-state index in [1.165, 1.54) is 17.6 Å². The van der Waals surface area contributed by atoms with Gasteiger partial charge in [-0.2, -0.15) is 18.3 Å². The van der Waals surface area contributed by atoms with Crippen molar-refractivity contribution in [2.75, 3.05) is 6.61 Å². The summed E-state index contributed by atoms with van der Waals surface area (Å²) in [5.41, 5.74) is 3.54. The Hall–Kier alpha value is -3.33. The minimum Gasteiger partial charge on any atom is -0.494 e. The molecular formula is C24H28F3N3O3. The van der Waals surface area contributed by atoms with Crippen molar-refractivity contribution in [1.82, 2.24) is 9.99 Å². The van der Waals surface area contributed by atoms with E-state index >= 15 is 0 Å². The molecule has 1 amide bonds. The SMILES string of the molecule is C/C(=N\NC(=O)CCCO)c1c(O)n(-c2ccc(C)cc2)c2cc(C(F)(F)F)ccc12.CC. The quantitative estimate of drug-likeness (QED) is 0.342. The van der Waals surface area contributed by atoms with Gasteiger partial charge < -0.3 is 10.2 Å². The molecule has 0 spiro atoms. The van der Waals surface area contributed by atoms with Crippen LogP contribution in [0.2, 0.25) is 0 Å². The molecular weight excluding hydrogens is 435 g/mol. The molecule has 2 aromatic carbocycles. The Balaban J connectivity index is 0.00000187. The molecule has 3 rings (SSSR count). The molecule has 0 radical (unpaired) electrons. The maximum absolute atomic E-state index is 13.3. The lowest BCUT2D eigenvalue weighted by Crippen LogP contribution is -2.19. The van der Waals surface area contributed by atoms with E-state index in [4.69, 9.17) is 5.11 Å². The summed E-state index contributed by atoms with van der Waals surface area (Å²) in [4.78, 5) is 11.8. The Morgan fingerprint density at radius 1 is 1.12 bits per heavy atom. The number of alkyl halides is 3. The van der Waals surface area contributed by atoms with Crippen LogP contribution in [0, 0.1) is 6.92 Å². The molecule has 0 aliphatic carbocycles. The molecule has 3 aromatic rings. The molecule has 33 heavy (non-hydrogen) atoms. The number of nitrogens with zero attached hydrogens (tertiary/aromatic N) is 2. The molecule has 0 saturated carbocycles. The lowest BCUT2D eigenvalue weighted by molar-refractivity contribution is -0.137. The van der Waals surface area contributed by atoms with Crippen LogP contribution in [0.15, 0.2) is 47.6 Å². The van der Waals surface area contributed by atoms with Crippen molar-refractivity contribution in [3.05, 3.63) is 59.2 Å². The number of rotatable bonds is 6. The lowest BCUT2D eigenvalue weighted by atomic mass is 10.1. The molecule has 1 aromatic heterocycles. The number of amides is 1. The first-order chi connectivity index (χ1) is 15.6. The first-order valence-corrected chi connectivity index (χ1v) is 10.6. The van der Waals surface area contributed by atoms with E-state index in [-0.39, 0.29) is 42.1 Å². The second-order valence-electron chi connectivity index (χ2n) is 7.16. The second-order valence-corrected chi connectivity index (χ2v) is 7.16. The molecule has 1 heterocycles. The standard InChI is InChI=1S/C22H22F3N3O3.C2H6/c1-13-5-8-16(9-6-13)28-18-12-15(22(23,24)25)7-10-17(18)20(21(28)31)14(2)26-27-19(30)4-3-11-29;1-2/h5-10,12,29,31H,3-4,11H2,1-2H3,(H,27,30);1-2H3/b26-14+;. The monoisotopic (exact) mass is 463 g/mol. The highest BCUT2D eigenvalue weighted by Gasteiger charge is 2.32. The topological polar surface area (TPSA) is 86.8 Å². The number of carbonyl (C=O) groups is 1. The summed E-state index contributed by atoms with van der Waals surface area (Å²) in [7, 11) is 0. The number of benzene rings is 2. The molecule has 0 unspecified atom stereocenters. The molecule has 0 bridgehead atoms. The highest BCUT2D eigenvalue weighted by molar-refractivity contribution is 6.13. The van der Waals surface area contributed by atoms with Crippen molar-refractivity contribution in [3.8, 4) is 11.6 Å². The van der Waals surface area contributed by atoms with Gasteiger partial charge in [0.1, 0.15) is 0 Å². The Labute approximate surface area is 190 Å². The Bertz CT molecular complexity index is 1130. The minimum absolute atomic E-state index is 0.0688. The van der Waals surface area contributed by atoms with Crippen molar-refractivity contribution in [2.24, 2.45) is 5.10 Å². The molecule has 9 heteroatoms. The summed E-state index contributed by atoms with van der Waals surface area (Å²) < 4.78 is 41.3. The van der Waals surface area contributed by atoms with Gasteiger partial charge in [0, 0.05) is 24.1 Å². The number of carbonyl (C=O) groups excluding carboxylic acids is 1. The van der Waals surface area contributed by atoms with Gasteiger partial charge in [-0.3, -0.25) is 9.36 Å². The average Bonchev–Trinajstić information content (AvgIpc) is 3.08. The minimum atomic E-state index is -4.55. The van der Waals surface area contributed by atoms with Crippen LogP contribution in [0.5, 0.6) is 5.88 Å². The summed E-state index contributed by atoms with van der Waals surface area (Å²) in [5.74, 6) is -0.710. The molecule has 6 nitrogen and oxygen atoms in total. The predicted octanol–water partition coefficient (Wildman–Crippen LogP) is 5.30. The van der Waals surface area contributed by atoms with Crippen LogP contribution in [-0.4, -0.2) is 33.0 Å². The smallest absolute Gasteiger partial charge is 0.416 e. The third kappa shape index (κ3) is 5.92. The van der Waals surface area contributed by atoms with Crippen LogP contribution < -0.4 is 5.43 Å². The van der Waals surface area contributed by atoms with E-state index in [1.54, 1.807) is 24.3 Å². The predicted molar refractivity (Wildman–Crippen MR) is 123 cm³/mol. The molecule has 0 atom stereocenters. The number of aromatic nitrogens is 1. The second kappa shape index (κ2) is 11.0. The first kappa shape index (κ1) is 25.9. The highest BCUT2D eigenvalue weighted by atomic mass is 19.4. The number of aliphatic hydroxyl groups excluding tert-OH is 1. The largest absolute Gasteiger partial charge is 0.494 e. The maximum Gasteiger partial charge on any atom is 0.416 e. The van der Waals surface area contributed by atoms with Crippen LogP contribution in [0.1, 0.15) is 50.3 Å². The zero-order valence-corrected chi connectivity index (χ0v) is 19.0. The third-order valence-corrected chi connectivity index (χ3v) is 4.83. The van der Waals surface area contributed by atoms with E-state index in [1.807, 2.05) is 20.8 Å². The van der Waals surface area contributed by atoms with E-state index < -0.39 is 17.6 Å². The molecule has 3 N–H and O–H groups in total. The first-order valence-electron chi connectivity index (χ1n) is 10.6. The zero-order valence-electron chi connectivity index (χ0n) is 19.0. The zero-order chi connectivity index (χ0) is 24.8. The Morgan fingerprint density at radius 2 is 1.76 bits per heavy atom. The fraction of sp³-hybridized carbons (Fsp3) is 0.333. The number of nitrogens with one attached hydrogen (secondary N) is 1. The van der Waals surface area contributed by atoms with Crippen molar-refractivity contribution in [3.63, 3.8) is 0 Å². The average molecular weight is 464 g/mol.